The van der Waals surface area contributed by atoms with Crippen molar-refractivity contribution in [2.45, 2.75) is 45.2 Å². The Morgan fingerprint density at radius 2 is 2.14 bits per heavy atom. The van der Waals surface area contributed by atoms with Gasteiger partial charge in [-0.2, -0.15) is 5.10 Å². The molecule has 0 atom stereocenters. The van der Waals surface area contributed by atoms with E-state index in [1.165, 1.54) is 0 Å². The summed E-state index contributed by atoms with van der Waals surface area (Å²) in [5, 5.41) is 7.03. The summed E-state index contributed by atoms with van der Waals surface area (Å²) >= 11 is 0. The summed E-state index contributed by atoms with van der Waals surface area (Å²) in [5.41, 5.74) is 5.52. The molecule has 0 bridgehead atoms. The number of nitrogens with one attached hydrogen (secondary N) is 1. The van der Waals surface area contributed by atoms with E-state index < -0.39 is 0 Å². The second kappa shape index (κ2) is 7.10. The van der Waals surface area contributed by atoms with E-state index in [9.17, 15) is 9.59 Å². The number of nitrogen functional groups attached to an aromatic ring is 1. The lowest BCUT2D eigenvalue weighted by Gasteiger charge is -2.32. The SMILES string of the molecule is CCCC(=O)NC1CCN(C(=O)Cn2ccc(N)n2)CC1. The summed E-state index contributed by atoms with van der Waals surface area (Å²) in [6.45, 7) is 3.55. The maximum atomic E-state index is 12.1. The van der Waals surface area contributed by atoms with E-state index in [0.29, 0.717) is 25.3 Å². The van der Waals surface area contributed by atoms with Gasteiger partial charge in [0.1, 0.15) is 12.4 Å². The van der Waals surface area contributed by atoms with E-state index in [2.05, 4.69) is 10.4 Å². The number of rotatable bonds is 5. The summed E-state index contributed by atoms with van der Waals surface area (Å²) in [6, 6.07) is 1.86. The van der Waals surface area contributed by atoms with Crippen LogP contribution in [0.1, 0.15) is 32.6 Å². The smallest absolute Gasteiger partial charge is 0.244 e. The van der Waals surface area contributed by atoms with E-state index in [4.69, 9.17) is 5.73 Å². The van der Waals surface area contributed by atoms with Gasteiger partial charge in [0.2, 0.25) is 11.8 Å². The molecule has 1 saturated heterocycles. The Bertz CT molecular complexity index is 491. The second-order valence-corrected chi connectivity index (χ2v) is 5.41. The van der Waals surface area contributed by atoms with E-state index in [1.54, 1.807) is 16.9 Å². The zero-order chi connectivity index (χ0) is 15.2. The number of likely N-dealkylation sites (tertiary alicyclic amines) is 1. The van der Waals surface area contributed by atoms with Crippen molar-refractivity contribution < 1.29 is 9.59 Å². The number of nitrogens with two attached hydrogens (primary N) is 1. The minimum absolute atomic E-state index is 0.0384. The van der Waals surface area contributed by atoms with Crippen molar-refractivity contribution in [1.29, 1.82) is 0 Å². The molecule has 0 saturated carbocycles. The maximum absolute atomic E-state index is 12.1. The second-order valence-electron chi connectivity index (χ2n) is 5.41. The molecule has 2 amide bonds. The predicted molar refractivity (Wildman–Crippen MR) is 79.3 cm³/mol. The molecule has 3 N–H and O–H groups in total. The monoisotopic (exact) mass is 293 g/mol. The molecule has 7 heteroatoms. The van der Waals surface area contributed by atoms with Crippen LogP contribution in [0.15, 0.2) is 12.3 Å². The standard InChI is InChI=1S/C14H23N5O2/c1-2-3-13(20)16-11-4-7-18(8-5-11)14(21)10-19-9-6-12(15)17-19/h6,9,11H,2-5,7-8,10H2,1H3,(H2,15,17)(H,16,20). The molecule has 0 unspecified atom stereocenters. The first-order valence-corrected chi connectivity index (χ1v) is 7.44. The molecule has 0 spiro atoms. The van der Waals surface area contributed by atoms with Gasteiger partial charge in [0.05, 0.1) is 0 Å². The van der Waals surface area contributed by atoms with Crippen LogP contribution in [0.5, 0.6) is 0 Å². The highest BCUT2D eigenvalue weighted by Crippen LogP contribution is 2.11. The quantitative estimate of drug-likeness (QED) is 0.820. The molecule has 1 aromatic rings. The molecule has 0 aliphatic carbocycles. The third-order valence-electron chi connectivity index (χ3n) is 3.65. The van der Waals surface area contributed by atoms with Gasteiger partial charge in [0.15, 0.2) is 0 Å². The first-order chi connectivity index (χ1) is 10.1. The molecule has 1 aliphatic heterocycles. The van der Waals surface area contributed by atoms with Gasteiger partial charge in [-0.25, -0.2) is 0 Å². The Morgan fingerprint density at radius 1 is 1.43 bits per heavy atom. The topological polar surface area (TPSA) is 93.2 Å². The number of anilines is 1. The number of amides is 2. The fourth-order valence-corrected chi connectivity index (χ4v) is 2.50. The lowest BCUT2D eigenvalue weighted by Crippen LogP contribution is -2.47. The van der Waals surface area contributed by atoms with E-state index >= 15 is 0 Å². The molecule has 21 heavy (non-hydrogen) atoms. The highest BCUT2D eigenvalue weighted by molar-refractivity contribution is 5.77. The van der Waals surface area contributed by atoms with Gasteiger partial charge in [-0.05, 0) is 25.3 Å². The number of hydrogen-bond donors (Lipinski definition) is 2. The molecule has 2 heterocycles. The lowest BCUT2D eigenvalue weighted by atomic mass is 10.0. The van der Waals surface area contributed by atoms with Crippen molar-refractivity contribution in [2.75, 3.05) is 18.8 Å². The van der Waals surface area contributed by atoms with Crippen LogP contribution in [0.3, 0.4) is 0 Å². The van der Waals surface area contributed by atoms with Crippen LogP contribution in [0.2, 0.25) is 0 Å². The molecule has 1 fully saturated rings. The van der Waals surface area contributed by atoms with Gasteiger partial charge in [-0.1, -0.05) is 6.92 Å². The molecule has 0 radical (unpaired) electrons. The lowest BCUT2D eigenvalue weighted by molar-refractivity contribution is -0.133. The Morgan fingerprint density at radius 3 is 2.71 bits per heavy atom. The molecule has 7 nitrogen and oxygen atoms in total. The van der Waals surface area contributed by atoms with Crippen molar-refractivity contribution >= 4 is 17.6 Å². The highest BCUT2D eigenvalue weighted by Gasteiger charge is 2.23. The summed E-state index contributed by atoms with van der Waals surface area (Å²) in [5.74, 6) is 0.561. The molecule has 116 valence electrons. The van der Waals surface area contributed by atoms with Gasteiger partial charge in [-0.15, -0.1) is 0 Å². The number of hydrogen-bond acceptors (Lipinski definition) is 4. The van der Waals surface area contributed by atoms with Gasteiger partial charge < -0.3 is 16.0 Å². The minimum Gasteiger partial charge on any atom is -0.382 e. The normalized spacial score (nSPS) is 16.0. The van der Waals surface area contributed by atoms with Crippen LogP contribution in [0, 0.1) is 0 Å². The van der Waals surface area contributed by atoms with E-state index in [-0.39, 0.29) is 24.4 Å². The van der Waals surface area contributed by atoms with Crippen LogP contribution in [-0.4, -0.2) is 45.6 Å². The molecular formula is C14H23N5O2. The number of nitrogens with zero attached hydrogens (tertiary/aromatic N) is 3. The predicted octanol–water partition coefficient (Wildman–Crippen LogP) is 0.373. The van der Waals surface area contributed by atoms with Gasteiger partial charge in [0.25, 0.3) is 0 Å². The van der Waals surface area contributed by atoms with Crippen molar-refractivity contribution in [3.05, 3.63) is 12.3 Å². The Balaban J connectivity index is 1.75. The van der Waals surface area contributed by atoms with Crippen LogP contribution >= 0.6 is 0 Å². The van der Waals surface area contributed by atoms with Crippen LogP contribution in [-0.2, 0) is 16.1 Å². The average Bonchev–Trinajstić information content (AvgIpc) is 2.85. The fourth-order valence-electron chi connectivity index (χ4n) is 2.50. The van der Waals surface area contributed by atoms with Crippen LogP contribution < -0.4 is 11.1 Å². The molecule has 2 rings (SSSR count). The van der Waals surface area contributed by atoms with Crippen molar-refractivity contribution in [1.82, 2.24) is 20.0 Å². The Hall–Kier alpha value is -2.05. The zero-order valence-corrected chi connectivity index (χ0v) is 12.4. The van der Waals surface area contributed by atoms with Crippen molar-refractivity contribution in [3.63, 3.8) is 0 Å². The average molecular weight is 293 g/mol. The summed E-state index contributed by atoms with van der Waals surface area (Å²) in [6.07, 6.45) is 4.74. The zero-order valence-electron chi connectivity index (χ0n) is 12.4. The number of carbonyl (C=O) groups excluding carboxylic acids is 2. The third kappa shape index (κ3) is 4.47. The molecule has 0 aromatic carbocycles. The highest BCUT2D eigenvalue weighted by atomic mass is 16.2. The van der Waals surface area contributed by atoms with Crippen molar-refractivity contribution in [2.24, 2.45) is 0 Å². The number of aromatic nitrogens is 2. The van der Waals surface area contributed by atoms with E-state index in [0.717, 1.165) is 19.3 Å². The first kappa shape index (κ1) is 15.3. The first-order valence-electron chi connectivity index (χ1n) is 7.44. The maximum Gasteiger partial charge on any atom is 0.244 e. The Kier molecular flexibility index (Phi) is 5.19. The van der Waals surface area contributed by atoms with E-state index in [1.807, 2.05) is 11.8 Å². The van der Waals surface area contributed by atoms with Crippen LogP contribution in [0.4, 0.5) is 5.82 Å². The molecule has 1 aliphatic rings. The number of carbonyl (C=O) groups is 2. The van der Waals surface area contributed by atoms with Crippen molar-refractivity contribution in [3.8, 4) is 0 Å². The fraction of sp³-hybridized carbons (Fsp3) is 0.643. The summed E-state index contributed by atoms with van der Waals surface area (Å²) in [4.78, 5) is 25.5. The molecular weight excluding hydrogens is 270 g/mol. The summed E-state index contributed by atoms with van der Waals surface area (Å²) in [7, 11) is 0. The van der Waals surface area contributed by atoms with Crippen LogP contribution in [0.25, 0.3) is 0 Å². The van der Waals surface area contributed by atoms with Gasteiger partial charge in [0, 0.05) is 31.7 Å². The summed E-state index contributed by atoms with van der Waals surface area (Å²) < 4.78 is 1.55. The van der Waals surface area contributed by atoms with Gasteiger partial charge >= 0.3 is 0 Å². The Labute approximate surface area is 124 Å². The minimum atomic E-state index is 0.0384. The third-order valence-corrected chi connectivity index (χ3v) is 3.65. The molecule has 1 aromatic heterocycles. The number of piperidine rings is 1. The largest absolute Gasteiger partial charge is 0.382 e. The van der Waals surface area contributed by atoms with Gasteiger partial charge in [-0.3, -0.25) is 14.3 Å².